The highest BCUT2D eigenvalue weighted by molar-refractivity contribution is 8.00. The van der Waals surface area contributed by atoms with E-state index in [1.807, 2.05) is 11.8 Å². The lowest BCUT2D eigenvalue weighted by Gasteiger charge is -2.15. The lowest BCUT2D eigenvalue weighted by Crippen LogP contribution is -2.07. The topological polar surface area (TPSA) is 26.0 Å². The first-order chi connectivity index (χ1) is 7.27. The predicted molar refractivity (Wildman–Crippen MR) is 67.2 cm³/mol. The third-order valence-corrected chi connectivity index (χ3v) is 4.44. The molecule has 0 aliphatic heterocycles. The van der Waals surface area contributed by atoms with Gasteiger partial charge in [0.1, 0.15) is 0 Å². The fraction of sp³-hybridized carbons (Fsp3) is 0.538. The van der Waals surface area contributed by atoms with Crippen molar-refractivity contribution in [2.75, 3.05) is 0 Å². The maximum atomic E-state index is 5.98. The number of nitrogens with two attached hydrogens (primary N) is 1. The molecule has 0 saturated heterocycles. The predicted octanol–water partition coefficient (Wildman–Crippen LogP) is 3.74. The van der Waals surface area contributed by atoms with Crippen molar-refractivity contribution in [1.29, 1.82) is 0 Å². The summed E-state index contributed by atoms with van der Waals surface area (Å²) < 4.78 is 0. The van der Waals surface area contributed by atoms with Gasteiger partial charge < -0.3 is 5.73 Å². The van der Waals surface area contributed by atoms with Gasteiger partial charge in [0, 0.05) is 16.2 Å². The Labute approximate surface area is 96.4 Å². The first-order valence-corrected chi connectivity index (χ1v) is 6.66. The first kappa shape index (κ1) is 11.0. The second kappa shape index (κ2) is 5.04. The minimum atomic E-state index is 0.148. The van der Waals surface area contributed by atoms with Gasteiger partial charge in [-0.15, -0.1) is 11.8 Å². The highest BCUT2D eigenvalue weighted by Crippen LogP contribution is 2.37. The number of thioether (sulfide) groups is 1. The highest BCUT2D eigenvalue weighted by atomic mass is 32.2. The third kappa shape index (κ3) is 2.76. The second-order valence-corrected chi connectivity index (χ2v) is 5.69. The minimum absolute atomic E-state index is 0.148. The molecule has 0 heterocycles. The summed E-state index contributed by atoms with van der Waals surface area (Å²) in [6.07, 6.45) is 5.55. The summed E-state index contributed by atoms with van der Waals surface area (Å²) in [6, 6.07) is 8.71. The standard InChI is InChI=1S/C13H19NS/c1-10(14)12-8-4-5-9-13(12)15-11-6-2-3-7-11/h4-5,8-11H,2-3,6-7,14H2,1H3/t10-/m0/s1. The van der Waals surface area contributed by atoms with Crippen molar-refractivity contribution in [1.82, 2.24) is 0 Å². The van der Waals surface area contributed by atoms with Gasteiger partial charge in [0.2, 0.25) is 0 Å². The summed E-state index contributed by atoms with van der Waals surface area (Å²) in [5.74, 6) is 0. The van der Waals surface area contributed by atoms with Gasteiger partial charge in [-0.1, -0.05) is 31.0 Å². The van der Waals surface area contributed by atoms with E-state index in [1.54, 1.807) is 0 Å². The van der Waals surface area contributed by atoms with Gasteiger partial charge in [0.05, 0.1) is 0 Å². The van der Waals surface area contributed by atoms with Gasteiger partial charge in [-0.25, -0.2) is 0 Å². The van der Waals surface area contributed by atoms with Crippen molar-refractivity contribution in [3.05, 3.63) is 29.8 Å². The van der Waals surface area contributed by atoms with Crippen LogP contribution < -0.4 is 5.73 Å². The molecule has 2 rings (SSSR count). The van der Waals surface area contributed by atoms with Crippen LogP contribution in [-0.4, -0.2) is 5.25 Å². The zero-order valence-corrected chi connectivity index (χ0v) is 10.1. The molecule has 1 atom stereocenters. The van der Waals surface area contributed by atoms with Crippen molar-refractivity contribution < 1.29 is 0 Å². The SMILES string of the molecule is C[C@H](N)c1ccccc1SC1CCCC1. The van der Waals surface area contributed by atoms with Crippen molar-refractivity contribution in [2.45, 2.75) is 48.8 Å². The maximum absolute atomic E-state index is 5.98. The summed E-state index contributed by atoms with van der Waals surface area (Å²) in [6.45, 7) is 2.06. The van der Waals surface area contributed by atoms with Gasteiger partial charge in [0.25, 0.3) is 0 Å². The molecule has 1 nitrogen and oxygen atoms in total. The van der Waals surface area contributed by atoms with Gasteiger partial charge in [-0.3, -0.25) is 0 Å². The van der Waals surface area contributed by atoms with Crippen LogP contribution in [0.5, 0.6) is 0 Å². The van der Waals surface area contributed by atoms with E-state index in [2.05, 4.69) is 31.2 Å². The normalized spacial score (nSPS) is 19.3. The Kier molecular flexibility index (Phi) is 3.71. The van der Waals surface area contributed by atoms with Crippen LogP contribution in [0.3, 0.4) is 0 Å². The first-order valence-electron chi connectivity index (χ1n) is 5.78. The van der Waals surface area contributed by atoms with Gasteiger partial charge in [0.15, 0.2) is 0 Å². The largest absolute Gasteiger partial charge is 0.324 e. The second-order valence-electron chi connectivity index (χ2n) is 4.35. The Morgan fingerprint density at radius 2 is 1.93 bits per heavy atom. The number of hydrogen-bond acceptors (Lipinski definition) is 2. The zero-order chi connectivity index (χ0) is 10.7. The lowest BCUT2D eigenvalue weighted by atomic mass is 10.1. The Balaban J connectivity index is 2.12. The molecule has 1 aromatic rings. The molecule has 2 heteroatoms. The van der Waals surface area contributed by atoms with E-state index < -0.39 is 0 Å². The van der Waals surface area contributed by atoms with Gasteiger partial charge in [-0.05, 0) is 31.4 Å². The molecule has 0 aromatic heterocycles. The number of rotatable bonds is 3. The van der Waals surface area contributed by atoms with Crippen LogP contribution in [0.15, 0.2) is 29.2 Å². The monoisotopic (exact) mass is 221 g/mol. The van der Waals surface area contributed by atoms with Gasteiger partial charge in [-0.2, -0.15) is 0 Å². The lowest BCUT2D eigenvalue weighted by molar-refractivity contribution is 0.795. The van der Waals surface area contributed by atoms with Gasteiger partial charge >= 0.3 is 0 Å². The Morgan fingerprint density at radius 1 is 1.27 bits per heavy atom. The summed E-state index contributed by atoms with van der Waals surface area (Å²) in [5.41, 5.74) is 7.28. The minimum Gasteiger partial charge on any atom is -0.324 e. The van der Waals surface area contributed by atoms with Crippen LogP contribution in [0.25, 0.3) is 0 Å². The fourth-order valence-corrected chi connectivity index (χ4v) is 3.63. The van der Waals surface area contributed by atoms with E-state index in [0.717, 1.165) is 5.25 Å². The van der Waals surface area contributed by atoms with Crippen LogP contribution in [0.4, 0.5) is 0 Å². The molecule has 0 amide bonds. The number of benzene rings is 1. The van der Waals surface area contributed by atoms with E-state index in [0.29, 0.717) is 0 Å². The van der Waals surface area contributed by atoms with Crippen molar-refractivity contribution in [3.63, 3.8) is 0 Å². The summed E-state index contributed by atoms with van der Waals surface area (Å²) >= 11 is 2.03. The third-order valence-electron chi connectivity index (χ3n) is 3.01. The van der Waals surface area contributed by atoms with Crippen LogP contribution >= 0.6 is 11.8 Å². The van der Waals surface area contributed by atoms with E-state index in [9.17, 15) is 0 Å². The average molecular weight is 221 g/mol. The van der Waals surface area contributed by atoms with E-state index in [4.69, 9.17) is 5.73 Å². The maximum Gasteiger partial charge on any atom is 0.0277 e. The average Bonchev–Trinajstić information content (AvgIpc) is 2.71. The summed E-state index contributed by atoms with van der Waals surface area (Å²) in [5, 5.41) is 0.824. The zero-order valence-electron chi connectivity index (χ0n) is 9.28. The van der Waals surface area contributed by atoms with E-state index in [-0.39, 0.29) is 6.04 Å². The van der Waals surface area contributed by atoms with Crippen LogP contribution in [0, 0.1) is 0 Å². The molecule has 0 spiro atoms. The Morgan fingerprint density at radius 3 is 2.60 bits per heavy atom. The Bertz CT molecular complexity index is 316. The molecule has 0 unspecified atom stereocenters. The molecule has 2 N–H and O–H groups in total. The van der Waals surface area contributed by atoms with E-state index >= 15 is 0 Å². The summed E-state index contributed by atoms with van der Waals surface area (Å²) in [4.78, 5) is 1.39. The quantitative estimate of drug-likeness (QED) is 0.841. The smallest absolute Gasteiger partial charge is 0.0277 e. The van der Waals surface area contributed by atoms with Crippen molar-refractivity contribution in [3.8, 4) is 0 Å². The van der Waals surface area contributed by atoms with Crippen LogP contribution in [0.1, 0.15) is 44.2 Å². The van der Waals surface area contributed by atoms with Crippen LogP contribution in [0.2, 0.25) is 0 Å². The van der Waals surface area contributed by atoms with Crippen molar-refractivity contribution in [2.24, 2.45) is 5.73 Å². The molecule has 82 valence electrons. The molecular formula is C13H19NS. The molecule has 15 heavy (non-hydrogen) atoms. The molecule has 0 radical (unpaired) electrons. The molecule has 1 aromatic carbocycles. The van der Waals surface area contributed by atoms with E-state index in [1.165, 1.54) is 36.1 Å². The molecule has 1 saturated carbocycles. The number of hydrogen-bond donors (Lipinski definition) is 1. The highest BCUT2D eigenvalue weighted by Gasteiger charge is 2.17. The van der Waals surface area contributed by atoms with Crippen molar-refractivity contribution >= 4 is 11.8 Å². The van der Waals surface area contributed by atoms with Crippen LogP contribution in [-0.2, 0) is 0 Å². The molecule has 1 aliphatic rings. The molecule has 0 bridgehead atoms. The fourth-order valence-electron chi connectivity index (χ4n) is 2.15. The molecular weight excluding hydrogens is 202 g/mol. The Hall–Kier alpha value is -0.470. The molecule has 1 fully saturated rings. The summed E-state index contributed by atoms with van der Waals surface area (Å²) in [7, 11) is 0. The molecule has 1 aliphatic carbocycles.